The van der Waals surface area contributed by atoms with E-state index in [0.29, 0.717) is 12.6 Å². The lowest BCUT2D eigenvalue weighted by atomic mass is 10.2. The maximum Gasteiger partial charge on any atom is 0.102 e. The van der Waals surface area contributed by atoms with Crippen LogP contribution in [0.1, 0.15) is 25.7 Å². The molecule has 0 heterocycles. The van der Waals surface area contributed by atoms with Gasteiger partial charge in [-0.2, -0.15) is 0 Å². The number of halogens is 1. The molecule has 1 aliphatic carbocycles. The van der Waals surface area contributed by atoms with Gasteiger partial charge in [0.1, 0.15) is 6.67 Å². The highest BCUT2D eigenvalue weighted by Gasteiger charge is 2.12. The van der Waals surface area contributed by atoms with E-state index in [1.54, 1.807) is 0 Å². The first-order valence-corrected chi connectivity index (χ1v) is 3.73. The molecule has 1 nitrogen and oxygen atoms in total. The quantitative estimate of drug-likeness (QED) is 0.612. The lowest BCUT2D eigenvalue weighted by Gasteiger charge is -2.08. The van der Waals surface area contributed by atoms with Gasteiger partial charge in [-0.1, -0.05) is 12.8 Å². The van der Waals surface area contributed by atoms with Gasteiger partial charge in [0.05, 0.1) is 0 Å². The Morgan fingerprint density at radius 1 is 1.33 bits per heavy atom. The van der Waals surface area contributed by atoms with Crippen LogP contribution in [-0.2, 0) is 0 Å². The van der Waals surface area contributed by atoms with Crippen LogP contribution in [0.3, 0.4) is 0 Å². The van der Waals surface area contributed by atoms with E-state index >= 15 is 0 Å². The van der Waals surface area contributed by atoms with Gasteiger partial charge < -0.3 is 5.32 Å². The number of nitrogens with one attached hydrogen (secondary N) is 1. The summed E-state index contributed by atoms with van der Waals surface area (Å²) in [6.07, 6.45) is 5.15. The highest BCUT2D eigenvalue weighted by molar-refractivity contribution is 4.72. The minimum absolute atomic E-state index is 0.226. The zero-order chi connectivity index (χ0) is 6.53. The summed E-state index contributed by atoms with van der Waals surface area (Å²) in [6, 6.07) is 0.626. The van der Waals surface area contributed by atoms with Crippen molar-refractivity contribution in [1.29, 1.82) is 0 Å². The molecule has 1 fully saturated rings. The van der Waals surface area contributed by atoms with E-state index in [9.17, 15) is 4.39 Å². The van der Waals surface area contributed by atoms with Crippen LogP contribution in [0, 0.1) is 0 Å². The molecule has 0 radical (unpaired) electrons. The average Bonchev–Trinajstić information content (AvgIpc) is 2.34. The fraction of sp³-hybridized carbons (Fsp3) is 1.00. The SMILES string of the molecule is FCCNC1CCCC1. The predicted octanol–water partition coefficient (Wildman–Crippen LogP) is 1.49. The third-order valence-electron chi connectivity index (χ3n) is 1.88. The molecule has 2 heteroatoms. The third-order valence-corrected chi connectivity index (χ3v) is 1.88. The molecule has 0 unspecified atom stereocenters. The van der Waals surface area contributed by atoms with Crippen LogP contribution < -0.4 is 5.32 Å². The van der Waals surface area contributed by atoms with E-state index < -0.39 is 0 Å². The topological polar surface area (TPSA) is 12.0 Å². The van der Waals surface area contributed by atoms with Crippen LogP contribution in [0.15, 0.2) is 0 Å². The minimum Gasteiger partial charge on any atom is -0.311 e. The molecule has 1 aliphatic rings. The molecule has 0 spiro atoms. The van der Waals surface area contributed by atoms with Crippen molar-refractivity contribution in [3.05, 3.63) is 0 Å². The molecule has 1 N–H and O–H groups in total. The summed E-state index contributed by atoms with van der Waals surface area (Å²) in [5.74, 6) is 0. The Hall–Kier alpha value is -0.110. The summed E-state index contributed by atoms with van der Waals surface area (Å²) >= 11 is 0. The van der Waals surface area contributed by atoms with Crippen molar-refractivity contribution < 1.29 is 4.39 Å². The maximum absolute atomic E-state index is 11.6. The molecule has 0 aromatic heterocycles. The highest BCUT2D eigenvalue weighted by atomic mass is 19.1. The molecule has 54 valence electrons. The first-order chi connectivity index (χ1) is 4.43. The largest absolute Gasteiger partial charge is 0.311 e. The number of rotatable bonds is 3. The van der Waals surface area contributed by atoms with Crippen LogP contribution in [-0.4, -0.2) is 19.3 Å². The van der Waals surface area contributed by atoms with Crippen molar-refractivity contribution in [2.75, 3.05) is 13.2 Å². The van der Waals surface area contributed by atoms with Gasteiger partial charge in [-0.15, -0.1) is 0 Å². The molecule has 1 rings (SSSR count). The molecule has 0 aliphatic heterocycles. The van der Waals surface area contributed by atoms with Crippen LogP contribution in [0.25, 0.3) is 0 Å². The maximum atomic E-state index is 11.6. The molecule has 0 atom stereocenters. The van der Waals surface area contributed by atoms with Crippen molar-refractivity contribution in [1.82, 2.24) is 5.32 Å². The standard InChI is InChI=1S/C7H14FN/c8-5-6-9-7-3-1-2-4-7/h7,9H,1-6H2. The molecule has 0 saturated heterocycles. The average molecular weight is 131 g/mol. The molecule has 1 saturated carbocycles. The molecule has 9 heavy (non-hydrogen) atoms. The van der Waals surface area contributed by atoms with Gasteiger partial charge in [0.2, 0.25) is 0 Å². The van der Waals surface area contributed by atoms with Gasteiger partial charge in [-0.05, 0) is 12.8 Å². The Labute approximate surface area is 55.6 Å². The lowest BCUT2D eigenvalue weighted by Crippen LogP contribution is -2.27. The zero-order valence-corrected chi connectivity index (χ0v) is 5.70. The van der Waals surface area contributed by atoms with Gasteiger partial charge in [-0.25, -0.2) is 4.39 Å². The van der Waals surface area contributed by atoms with Gasteiger partial charge in [-0.3, -0.25) is 0 Å². The molecule has 0 bridgehead atoms. The summed E-state index contributed by atoms with van der Waals surface area (Å²) < 4.78 is 11.6. The molecule has 0 amide bonds. The fourth-order valence-electron chi connectivity index (χ4n) is 1.39. The fourth-order valence-corrected chi connectivity index (χ4v) is 1.39. The zero-order valence-electron chi connectivity index (χ0n) is 5.70. The summed E-state index contributed by atoms with van der Waals surface area (Å²) in [5.41, 5.74) is 0. The summed E-state index contributed by atoms with van der Waals surface area (Å²) in [4.78, 5) is 0. The second-order valence-electron chi connectivity index (χ2n) is 2.62. The first kappa shape index (κ1) is 7.00. The van der Waals surface area contributed by atoms with Crippen molar-refractivity contribution >= 4 is 0 Å². The molecular weight excluding hydrogens is 117 g/mol. The van der Waals surface area contributed by atoms with Crippen LogP contribution in [0.4, 0.5) is 4.39 Å². The number of hydrogen-bond donors (Lipinski definition) is 1. The van der Waals surface area contributed by atoms with Gasteiger partial charge in [0.25, 0.3) is 0 Å². The molecule has 0 aromatic carbocycles. The van der Waals surface area contributed by atoms with Crippen molar-refractivity contribution in [2.24, 2.45) is 0 Å². The Kier molecular flexibility index (Phi) is 2.98. The number of alkyl halides is 1. The minimum atomic E-state index is -0.226. The van der Waals surface area contributed by atoms with E-state index in [4.69, 9.17) is 0 Å². The van der Waals surface area contributed by atoms with Gasteiger partial charge >= 0.3 is 0 Å². The smallest absolute Gasteiger partial charge is 0.102 e. The lowest BCUT2D eigenvalue weighted by molar-refractivity contribution is 0.431. The second-order valence-corrected chi connectivity index (χ2v) is 2.62. The molecular formula is C7H14FN. The normalized spacial score (nSPS) is 21.0. The van der Waals surface area contributed by atoms with Crippen LogP contribution in [0.5, 0.6) is 0 Å². The van der Waals surface area contributed by atoms with E-state index in [2.05, 4.69) is 5.32 Å². The Morgan fingerprint density at radius 2 is 2.00 bits per heavy atom. The summed E-state index contributed by atoms with van der Waals surface area (Å²) in [6.45, 7) is 0.321. The third kappa shape index (κ3) is 2.31. The predicted molar refractivity (Wildman–Crippen MR) is 36.2 cm³/mol. The van der Waals surface area contributed by atoms with Crippen molar-refractivity contribution in [3.63, 3.8) is 0 Å². The van der Waals surface area contributed by atoms with E-state index in [1.165, 1.54) is 25.7 Å². The Bertz CT molecular complexity index is 69.3. The second kappa shape index (κ2) is 3.83. The Balaban J connectivity index is 1.98. The van der Waals surface area contributed by atoms with Crippen molar-refractivity contribution in [3.8, 4) is 0 Å². The van der Waals surface area contributed by atoms with Gasteiger partial charge in [0.15, 0.2) is 0 Å². The summed E-state index contributed by atoms with van der Waals surface area (Å²) in [7, 11) is 0. The van der Waals surface area contributed by atoms with Crippen LogP contribution >= 0.6 is 0 Å². The van der Waals surface area contributed by atoms with E-state index in [-0.39, 0.29) is 6.67 Å². The van der Waals surface area contributed by atoms with Crippen LogP contribution in [0.2, 0.25) is 0 Å². The van der Waals surface area contributed by atoms with Crippen molar-refractivity contribution in [2.45, 2.75) is 31.7 Å². The highest BCUT2D eigenvalue weighted by Crippen LogP contribution is 2.16. The van der Waals surface area contributed by atoms with E-state index in [0.717, 1.165) is 0 Å². The number of hydrogen-bond acceptors (Lipinski definition) is 1. The first-order valence-electron chi connectivity index (χ1n) is 3.73. The molecule has 0 aromatic rings. The van der Waals surface area contributed by atoms with Gasteiger partial charge in [0, 0.05) is 12.6 Å². The monoisotopic (exact) mass is 131 g/mol. The Morgan fingerprint density at radius 3 is 2.56 bits per heavy atom. The summed E-state index contributed by atoms with van der Waals surface area (Å²) in [5, 5.41) is 3.16. The van der Waals surface area contributed by atoms with E-state index in [1.807, 2.05) is 0 Å².